The predicted molar refractivity (Wildman–Crippen MR) is 129 cm³/mol. The SMILES string of the molecule is COC(=O)[C@@]12OC[C@@]34[C@@H](CC5=C(C)C(=O)C(O)=C[C@]5(C)[C@H]3[C@@H](O)[C@@H]1O)OC(=O)[C@H](OC(=O)c1ccccc1)[C@@H]24. The highest BCUT2D eigenvalue weighted by atomic mass is 16.6. The van der Waals surface area contributed by atoms with E-state index in [4.69, 9.17) is 18.9 Å². The van der Waals surface area contributed by atoms with Crippen molar-refractivity contribution in [1.29, 1.82) is 0 Å². The Kier molecular flexibility index (Phi) is 5.43. The number of allylic oxidation sites excluding steroid dienone is 2. The van der Waals surface area contributed by atoms with Gasteiger partial charge in [0.25, 0.3) is 0 Å². The molecule has 11 nitrogen and oxygen atoms in total. The molecule has 3 N–H and O–H groups in total. The van der Waals surface area contributed by atoms with Crippen LogP contribution in [0.4, 0.5) is 0 Å². The van der Waals surface area contributed by atoms with Crippen LogP contribution in [0.15, 0.2) is 53.3 Å². The Bertz CT molecular complexity index is 1360. The third-order valence-corrected chi connectivity index (χ3v) is 9.57. The summed E-state index contributed by atoms with van der Waals surface area (Å²) < 4.78 is 22.7. The Hall–Kier alpha value is -3.54. The molecule has 4 fully saturated rings. The lowest BCUT2D eigenvalue weighted by molar-refractivity contribution is -0.270. The number of carbonyl (C=O) groups excluding carboxylic acids is 4. The summed E-state index contributed by atoms with van der Waals surface area (Å²) in [5.41, 5.74) is -3.91. The lowest BCUT2D eigenvalue weighted by Crippen LogP contribution is -2.78. The number of hydrogen-bond acceptors (Lipinski definition) is 11. The Morgan fingerprint density at radius 1 is 1.10 bits per heavy atom. The number of Topliss-reactive ketones (excluding diaryl/α,β-unsaturated/α-hetero) is 1. The van der Waals surface area contributed by atoms with Crippen LogP contribution < -0.4 is 0 Å². The molecule has 11 heteroatoms. The third-order valence-electron chi connectivity index (χ3n) is 9.57. The van der Waals surface area contributed by atoms with E-state index in [1.165, 1.54) is 18.2 Å². The van der Waals surface area contributed by atoms with E-state index in [9.17, 15) is 34.5 Å². The van der Waals surface area contributed by atoms with E-state index in [1.54, 1.807) is 32.0 Å². The number of ether oxygens (including phenoxy) is 4. The van der Waals surface area contributed by atoms with Gasteiger partial charge >= 0.3 is 17.9 Å². The number of rotatable bonds is 3. The number of aliphatic hydroxyl groups excluding tert-OH is 3. The number of carbonyl (C=O) groups is 4. The number of benzene rings is 1. The number of esters is 3. The van der Waals surface area contributed by atoms with Crippen molar-refractivity contribution in [3.63, 3.8) is 0 Å². The molecule has 2 saturated heterocycles. The van der Waals surface area contributed by atoms with Crippen LogP contribution in [0.1, 0.15) is 30.6 Å². The fourth-order valence-electron chi connectivity index (χ4n) is 8.07. The van der Waals surface area contributed by atoms with Crippen molar-refractivity contribution in [2.75, 3.05) is 13.7 Å². The maximum Gasteiger partial charge on any atom is 0.348 e. The molecule has 39 heavy (non-hydrogen) atoms. The molecule has 9 atom stereocenters. The number of methoxy groups -OCH3 is 1. The molecule has 0 radical (unpaired) electrons. The molecule has 2 saturated carbocycles. The zero-order valence-electron chi connectivity index (χ0n) is 21.5. The Labute approximate surface area is 223 Å². The fraction of sp³-hybridized carbons (Fsp3) is 0.500. The highest BCUT2D eigenvalue weighted by Crippen LogP contribution is 2.71. The Balaban J connectivity index is 1.57. The molecule has 6 rings (SSSR count). The highest BCUT2D eigenvalue weighted by Gasteiger charge is 2.84. The summed E-state index contributed by atoms with van der Waals surface area (Å²) in [6.07, 6.45) is -4.87. The normalized spacial score (nSPS) is 42.1. The van der Waals surface area contributed by atoms with E-state index in [2.05, 4.69) is 0 Å². The maximum absolute atomic E-state index is 13.5. The highest BCUT2D eigenvalue weighted by molar-refractivity contribution is 6.08. The summed E-state index contributed by atoms with van der Waals surface area (Å²) in [5.74, 6) is -6.29. The van der Waals surface area contributed by atoms with Gasteiger partial charge in [-0.2, -0.15) is 0 Å². The minimum absolute atomic E-state index is 0.0410. The van der Waals surface area contributed by atoms with E-state index in [0.29, 0.717) is 5.57 Å². The van der Waals surface area contributed by atoms with E-state index in [1.807, 2.05) is 0 Å². The standard InChI is InChI=1S/C28H28O11/c1-12-14-9-16-27-11-37-28(25(35)36-3,22(32)18(31)20(27)26(14,2)10-15(29)17(12)30)21(27)19(24(34)38-16)39-23(33)13-7-5-4-6-8-13/h4-8,10,16,18-22,29,31-32H,9,11H2,1-3H3/t16-,18-,19-,20-,21-,22+,26+,27-,28+/m1/s1. The number of aliphatic hydroxyl groups is 3. The number of ketones is 1. The number of fused-ring (bicyclic) bond motifs is 2. The largest absolute Gasteiger partial charge is 0.504 e. The quantitative estimate of drug-likeness (QED) is 0.366. The zero-order chi connectivity index (χ0) is 28.1. The third kappa shape index (κ3) is 2.98. The molecule has 0 aromatic heterocycles. The smallest absolute Gasteiger partial charge is 0.348 e. The van der Waals surface area contributed by atoms with Crippen molar-refractivity contribution in [1.82, 2.24) is 0 Å². The van der Waals surface area contributed by atoms with Gasteiger partial charge in [-0.15, -0.1) is 0 Å². The Morgan fingerprint density at radius 3 is 2.46 bits per heavy atom. The zero-order valence-corrected chi connectivity index (χ0v) is 21.5. The Morgan fingerprint density at radius 2 is 1.79 bits per heavy atom. The molecule has 2 aliphatic heterocycles. The summed E-state index contributed by atoms with van der Waals surface area (Å²) in [6.45, 7) is 2.99. The van der Waals surface area contributed by atoms with Gasteiger partial charge in [0.2, 0.25) is 17.5 Å². The van der Waals surface area contributed by atoms with Crippen molar-refractivity contribution in [3.8, 4) is 0 Å². The summed E-state index contributed by atoms with van der Waals surface area (Å²) in [7, 11) is 1.08. The van der Waals surface area contributed by atoms with Crippen LogP contribution >= 0.6 is 0 Å². The fourth-order valence-corrected chi connectivity index (χ4v) is 8.07. The van der Waals surface area contributed by atoms with Gasteiger partial charge in [0.15, 0.2) is 5.76 Å². The topological polar surface area (TPSA) is 166 Å². The molecule has 2 bridgehead atoms. The van der Waals surface area contributed by atoms with Gasteiger partial charge < -0.3 is 34.3 Å². The molecule has 1 spiro atoms. The molecule has 1 aromatic carbocycles. The molecular weight excluding hydrogens is 512 g/mol. The second-order valence-corrected chi connectivity index (χ2v) is 11.1. The summed E-state index contributed by atoms with van der Waals surface area (Å²) in [5, 5.41) is 33.8. The molecule has 1 aromatic rings. The van der Waals surface area contributed by atoms with Crippen LogP contribution in [0.5, 0.6) is 0 Å². The lowest BCUT2D eigenvalue weighted by Gasteiger charge is -2.65. The van der Waals surface area contributed by atoms with Crippen molar-refractivity contribution < 1.29 is 53.4 Å². The second kappa shape index (κ2) is 8.23. The van der Waals surface area contributed by atoms with Crippen LogP contribution in [0.2, 0.25) is 0 Å². The van der Waals surface area contributed by atoms with Gasteiger partial charge in [-0.05, 0) is 30.7 Å². The molecule has 0 amide bonds. The first-order valence-corrected chi connectivity index (χ1v) is 12.7. The van der Waals surface area contributed by atoms with E-state index in [0.717, 1.165) is 7.11 Å². The van der Waals surface area contributed by atoms with Crippen LogP contribution in [0, 0.1) is 22.7 Å². The summed E-state index contributed by atoms with van der Waals surface area (Å²) in [6, 6.07) is 7.92. The van der Waals surface area contributed by atoms with Gasteiger partial charge in [-0.3, -0.25) is 4.79 Å². The minimum Gasteiger partial charge on any atom is -0.504 e. The van der Waals surface area contributed by atoms with Gasteiger partial charge in [-0.1, -0.05) is 25.1 Å². The maximum atomic E-state index is 13.5. The van der Waals surface area contributed by atoms with Crippen molar-refractivity contribution in [2.45, 2.75) is 50.3 Å². The van der Waals surface area contributed by atoms with E-state index >= 15 is 0 Å². The molecular formula is C28H28O11. The first-order valence-electron chi connectivity index (χ1n) is 12.7. The van der Waals surface area contributed by atoms with Crippen molar-refractivity contribution in [3.05, 3.63) is 58.9 Å². The molecule has 3 aliphatic carbocycles. The summed E-state index contributed by atoms with van der Waals surface area (Å²) >= 11 is 0. The second-order valence-electron chi connectivity index (χ2n) is 11.1. The van der Waals surface area contributed by atoms with Crippen LogP contribution in [0.25, 0.3) is 0 Å². The average Bonchev–Trinajstić information content (AvgIpc) is 3.23. The van der Waals surface area contributed by atoms with Gasteiger partial charge in [0.05, 0.1) is 31.3 Å². The average molecular weight is 541 g/mol. The van der Waals surface area contributed by atoms with Crippen molar-refractivity contribution in [2.24, 2.45) is 22.7 Å². The van der Waals surface area contributed by atoms with Gasteiger partial charge in [-0.25, -0.2) is 14.4 Å². The van der Waals surface area contributed by atoms with Crippen molar-refractivity contribution >= 4 is 23.7 Å². The van der Waals surface area contributed by atoms with Crippen LogP contribution in [-0.2, 0) is 33.3 Å². The van der Waals surface area contributed by atoms with Gasteiger partial charge in [0.1, 0.15) is 12.2 Å². The molecule has 2 heterocycles. The first kappa shape index (κ1) is 25.7. The first-order chi connectivity index (χ1) is 18.4. The molecule has 5 aliphatic rings. The molecule has 206 valence electrons. The van der Waals surface area contributed by atoms with Crippen LogP contribution in [0.3, 0.4) is 0 Å². The summed E-state index contributed by atoms with van der Waals surface area (Å²) in [4.78, 5) is 52.7. The molecule has 0 unspecified atom stereocenters. The lowest BCUT2D eigenvalue weighted by atomic mass is 9.40. The predicted octanol–water partition coefficient (Wildman–Crippen LogP) is 0.785. The monoisotopic (exact) mass is 540 g/mol. The number of hydrogen-bond donors (Lipinski definition) is 3. The van der Waals surface area contributed by atoms with Crippen LogP contribution in [-0.4, -0.2) is 82.7 Å². The van der Waals surface area contributed by atoms with E-state index in [-0.39, 0.29) is 24.2 Å². The van der Waals surface area contributed by atoms with Gasteiger partial charge in [0, 0.05) is 28.7 Å². The van der Waals surface area contributed by atoms with E-state index < -0.39 is 82.1 Å². The minimum atomic E-state index is -2.26.